The minimum absolute atomic E-state index is 0.104. The van der Waals surface area contributed by atoms with E-state index in [-0.39, 0.29) is 12.2 Å². The Labute approximate surface area is 214 Å². The molecule has 0 spiro atoms. The van der Waals surface area contributed by atoms with Crippen molar-refractivity contribution in [2.45, 2.75) is 18.2 Å². The van der Waals surface area contributed by atoms with Crippen molar-refractivity contribution in [3.8, 4) is 11.5 Å². The van der Waals surface area contributed by atoms with Gasteiger partial charge in [-0.1, -0.05) is 18.2 Å². The Morgan fingerprint density at radius 2 is 1.76 bits per heavy atom. The van der Waals surface area contributed by atoms with Crippen LogP contribution in [0.3, 0.4) is 0 Å². The second-order valence-electron chi connectivity index (χ2n) is 8.09. The molecule has 1 amide bonds. The molecule has 1 N–H and O–H groups in total. The summed E-state index contributed by atoms with van der Waals surface area (Å²) in [6.07, 6.45) is 3.88. The first kappa shape index (κ1) is 25.7. The maximum atomic E-state index is 13.4. The van der Waals surface area contributed by atoms with Gasteiger partial charge in [0.1, 0.15) is 17.3 Å². The number of anilines is 2. The van der Waals surface area contributed by atoms with Crippen LogP contribution in [0.1, 0.15) is 21.8 Å². The number of sulfone groups is 1. The number of nitrogens with one attached hydrogen (secondary N) is 1. The smallest absolute Gasteiger partial charge is 0.276 e. The second-order valence-corrected chi connectivity index (χ2v) is 10.00. The van der Waals surface area contributed by atoms with Crippen LogP contribution in [0, 0.1) is 0 Å². The molecule has 37 heavy (non-hydrogen) atoms. The zero-order valence-electron chi connectivity index (χ0n) is 20.5. The molecule has 4 rings (SSSR count). The summed E-state index contributed by atoms with van der Waals surface area (Å²) in [5, 5.41) is 2.32. The average Bonchev–Trinajstić information content (AvgIpc) is 3.41. The lowest BCUT2D eigenvalue weighted by Crippen LogP contribution is -2.27. The zero-order valence-corrected chi connectivity index (χ0v) is 21.4. The Kier molecular flexibility index (Phi) is 7.73. The summed E-state index contributed by atoms with van der Waals surface area (Å²) in [6.45, 7) is 0.560. The molecule has 0 aliphatic carbocycles. The highest BCUT2D eigenvalue weighted by Gasteiger charge is 2.25. The maximum Gasteiger partial charge on any atom is 0.276 e. The van der Waals surface area contributed by atoms with E-state index in [0.717, 1.165) is 11.8 Å². The fourth-order valence-electron chi connectivity index (χ4n) is 3.66. The number of methoxy groups -OCH3 is 2. The summed E-state index contributed by atoms with van der Waals surface area (Å²) in [6, 6.07) is 17.8. The Morgan fingerprint density at radius 1 is 1.00 bits per heavy atom. The summed E-state index contributed by atoms with van der Waals surface area (Å²) in [4.78, 5) is 23.5. The van der Waals surface area contributed by atoms with Crippen LogP contribution >= 0.6 is 0 Å². The van der Waals surface area contributed by atoms with Crippen molar-refractivity contribution in [2.75, 3.05) is 30.7 Å². The van der Waals surface area contributed by atoms with E-state index >= 15 is 0 Å². The number of benzene rings is 2. The van der Waals surface area contributed by atoms with Crippen LogP contribution in [0.5, 0.6) is 11.5 Å². The second kappa shape index (κ2) is 11.1. The van der Waals surface area contributed by atoms with Crippen LogP contribution in [0.25, 0.3) is 0 Å². The Morgan fingerprint density at radius 3 is 2.41 bits per heavy atom. The Bertz CT molecular complexity index is 1470. The molecule has 0 bridgehead atoms. The molecule has 192 valence electrons. The monoisotopic (exact) mass is 522 g/mol. The maximum absolute atomic E-state index is 13.4. The normalized spacial score (nSPS) is 11.1. The van der Waals surface area contributed by atoms with Crippen LogP contribution in [0.4, 0.5) is 11.4 Å². The number of amides is 1. The van der Waals surface area contributed by atoms with Gasteiger partial charge in [0.25, 0.3) is 5.91 Å². The topological polar surface area (TPSA) is 124 Å². The minimum atomic E-state index is -3.78. The molecule has 2 aromatic heterocycles. The van der Waals surface area contributed by atoms with Gasteiger partial charge in [-0.2, -0.15) is 0 Å². The first-order chi connectivity index (χ1) is 17.8. The third-order valence-electron chi connectivity index (χ3n) is 5.46. The Hall–Kier alpha value is -4.38. The molecule has 0 saturated carbocycles. The van der Waals surface area contributed by atoms with Crippen molar-refractivity contribution in [1.82, 2.24) is 9.97 Å². The number of ether oxygens (including phenoxy) is 2. The molecular formula is C26H26N4O6S. The molecule has 0 radical (unpaired) electrons. The number of carbonyl (C=O) groups is 1. The van der Waals surface area contributed by atoms with E-state index in [0.29, 0.717) is 35.2 Å². The first-order valence-corrected chi connectivity index (χ1v) is 13.1. The van der Waals surface area contributed by atoms with Crippen LogP contribution < -0.4 is 19.7 Å². The highest BCUT2D eigenvalue weighted by Crippen LogP contribution is 2.28. The van der Waals surface area contributed by atoms with Gasteiger partial charge in [0.05, 0.1) is 38.9 Å². The van der Waals surface area contributed by atoms with E-state index < -0.39 is 20.9 Å². The number of nitrogens with zero attached hydrogens (tertiary/aromatic N) is 3. The van der Waals surface area contributed by atoms with Crippen molar-refractivity contribution in [2.24, 2.45) is 0 Å². The summed E-state index contributed by atoms with van der Waals surface area (Å²) in [5.41, 5.74) is 1.54. The van der Waals surface area contributed by atoms with Crippen molar-refractivity contribution in [3.63, 3.8) is 0 Å². The van der Waals surface area contributed by atoms with E-state index in [9.17, 15) is 13.2 Å². The molecule has 4 aromatic rings. The average molecular weight is 523 g/mol. The molecule has 10 nitrogen and oxygen atoms in total. The molecule has 0 aliphatic rings. The molecule has 0 fully saturated rings. The molecule has 0 aliphatic heterocycles. The number of para-hydroxylation sites is 1. The third-order valence-corrected chi connectivity index (χ3v) is 6.32. The third kappa shape index (κ3) is 6.25. The molecule has 0 saturated heterocycles. The Balaban J connectivity index is 1.78. The van der Waals surface area contributed by atoms with E-state index in [2.05, 4.69) is 15.3 Å². The van der Waals surface area contributed by atoms with Crippen molar-refractivity contribution >= 4 is 27.1 Å². The number of carbonyl (C=O) groups excluding carboxylic acids is 1. The largest absolute Gasteiger partial charge is 0.497 e. The first-order valence-electron chi connectivity index (χ1n) is 11.2. The van der Waals surface area contributed by atoms with Crippen LogP contribution in [-0.2, 0) is 22.9 Å². The molecular weight excluding hydrogens is 496 g/mol. The van der Waals surface area contributed by atoms with Gasteiger partial charge in [-0.15, -0.1) is 0 Å². The lowest BCUT2D eigenvalue weighted by atomic mass is 10.1. The summed E-state index contributed by atoms with van der Waals surface area (Å²) in [5.74, 6) is 1.31. The van der Waals surface area contributed by atoms with Gasteiger partial charge in [-0.25, -0.2) is 18.4 Å². The fourth-order valence-corrected chi connectivity index (χ4v) is 4.16. The lowest BCUT2D eigenvalue weighted by molar-refractivity contribution is 0.102. The van der Waals surface area contributed by atoms with Gasteiger partial charge in [0.2, 0.25) is 15.0 Å². The van der Waals surface area contributed by atoms with Crippen molar-refractivity contribution in [1.29, 1.82) is 0 Å². The highest BCUT2D eigenvalue weighted by molar-refractivity contribution is 7.90. The van der Waals surface area contributed by atoms with Crippen LogP contribution in [-0.4, -0.2) is 44.8 Å². The lowest BCUT2D eigenvalue weighted by Gasteiger charge is -2.26. The van der Waals surface area contributed by atoms with Gasteiger partial charge >= 0.3 is 0 Å². The quantitative estimate of drug-likeness (QED) is 0.308. The van der Waals surface area contributed by atoms with Gasteiger partial charge in [-0.05, 0) is 42.5 Å². The molecule has 0 atom stereocenters. The van der Waals surface area contributed by atoms with E-state index in [1.165, 1.54) is 6.20 Å². The summed E-state index contributed by atoms with van der Waals surface area (Å²) in [7, 11) is -0.657. The summed E-state index contributed by atoms with van der Waals surface area (Å²) >= 11 is 0. The van der Waals surface area contributed by atoms with Gasteiger partial charge in [0, 0.05) is 24.1 Å². The van der Waals surface area contributed by atoms with Gasteiger partial charge in [-0.3, -0.25) is 4.79 Å². The molecule has 2 aromatic carbocycles. The van der Waals surface area contributed by atoms with E-state index in [1.807, 2.05) is 29.2 Å². The zero-order chi connectivity index (χ0) is 26.4. The standard InChI is InChI=1S/C26H26N4O6S/c1-34-20-12-10-19(11-13-20)28-25(31)24-22(15-27-26(29-24)37(3,32)33)30(17-21-8-6-14-36-21)16-18-7-4-5-9-23(18)35-2/h4-15H,16-17H2,1-3H3,(H,28,31). The molecule has 11 heteroatoms. The van der Waals surface area contributed by atoms with Gasteiger partial charge in [0.15, 0.2) is 5.69 Å². The SMILES string of the molecule is COc1ccc(NC(=O)c2nc(S(C)(=O)=O)ncc2N(Cc2ccco2)Cc2ccccc2OC)cc1. The van der Waals surface area contributed by atoms with Crippen LogP contribution in [0.2, 0.25) is 0 Å². The fraction of sp³-hybridized carbons (Fsp3) is 0.192. The predicted molar refractivity (Wildman–Crippen MR) is 138 cm³/mol. The number of hydrogen-bond donors (Lipinski definition) is 1. The van der Waals surface area contributed by atoms with E-state index in [4.69, 9.17) is 13.9 Å². The van der Waals surface area contributed by atoms with E-state index in [1.54, 1.807) is 56.9 Å². The number of aromatic nitrogens is 2. The number of rotatable bonds is 10. The number of furan rings is 1. The molecule has 0 unspecified atom stereocenters. The van der Waals surface area contributed by atoms with Crippen LogP contribution in [0.15, 0.2) is 82.7 Å². The van der Waals surface area contributed by atoms with Gasteiger partial charge < -0.3 is 24.1 Å². The number of hydrogen-bond acceptors (Lipinski definition) is 9. The summed E-state index contributed by atoms with van der Waals surface area (Å²) < 4.78 is 40.7. The minimum Gasteiger partial charge on any atom is -0.497 e. The highest BCUT2D eigenvalue weighted by atomic mass is 32.2. The molecule has 2 heterocycles. The van der Waals surface area contributed by atoms with Crippen molar-refractivity contribution < 1.29 is 27.1 Å². The van der Waals surface area contributed by atoms with Crippen molar-refractivity contribution in [3.05, 3.63) is 90.1 Å². The predicted octanol–water partition coefficient (Wildman–Crippen LogP) is 3.95.